The average molecular weight is 630 g/mol. The number of oxazole rings is 1. The number of rotatable bonds is 5. The SMILES string of the molecule is O=C(Nc1ccc(N2CCN(C(=O)Nc3ccccc3F)CC2)nc1)c1oc(N2CCC3(CCCCC3)CC2)nc1C(F)(F)F. The molecule has 1 aromatic carbocycles. The molecule has 6 rings (SSSR count). The normalized spacial score (nSPS) is 18.6. The first-order valence-corrected chi connectivity index (χ1v) is 15.3. The second-order valence-electron chi connectivity index (χ2n) is 12.0. The van der Waals surface area contributed by atoms with E-state index in [1.807, 2.05) is 4.90 Å². The molecule has 3 fully saturated rings. The Hall–Kier alpha value is -4.36. The summed E-state index contributed by atoms with van der Waals surface area (Å²) in [4.78, 5) is 38.8. The van der Waals surface area contributed by atoms with E-state index < -0.39 is 35.4 Å². The Labute approximate surface area is 257 Å². The van der Waals surface area contributed by atoms with Crippen LogP contribution in [-0.4, -0.2) is 66.1 Å². The Balaban J connectivity index is 1.06. The molecule has 0 atom stereocenters. The van der Waals surface area contributed by atoms with E-state index in [1.165, 1.54) is 49.7 Å². The largest absolute Gasteiger partial charge is 0.437 e. The maximum atomic E-state index is 13.9. The maximum absolute atomic E-state index is 13.9. The van der Waals surface area contributed by atoms with E-state index in [2.05, 4.69) is 20.6 Å². The van der Waals surface area contributed by atoms with Crippen molar-refractivity contribution in [2.24, 2.45) is 5.41 Å². The van der Waals surface area contributed by atoms with Crippen LogP contribution in [0.4, 0.5) is 45.6 Å². The van der Waals surface area contributed by atoms with E-state index in [1.54, 1.807) is 21.9 Å². The number of nitrogens with zero attached hydrogens (tertiary/aromatic N) is 5. The molecule has 4 heterocycles. The van der Waals surface area contributed by atoms with Gasteiger partial charge >= 0.3 is 12.2 Å². The summed E-state index contributed by atoms with van der Waals surface area (Å²) >= 11 is 0. The Morgan fingerprint density at radius 2 is 1.56 bits per heavy atom. The zero-order valence-electron chi connectivity index (χ0n) is 24.7. The van der Waals surface area contributed by atoms with Crippen LogP contribution in [0.5, 0.6) is 0 Å². The van der Waals surface area contributed by atoms with Crippen LogP contribution >= 0.6 is 0 Å². The number of nitrogens with one attached hydrogen (secondary N) is 2. The Bertz CT molecular complexity index is 1500. The summed E-state index contributed by atoms with van der Waals surface area (Å²) in [7, 11) is 0. The first-order chi connectivity index (χ1) is 21.6. The molecule has 10 nitrogen and oxygen atoms in total. The van der Waals surface area contributed by atoms with E-state index in [0.717, 1.165) is 25.7 Å². The Morgan fingerprint density at radius 1 is 0.844 bits per heavy atom. The molecule has 2 aliphatic heterocycles. The molecule has 45 heavy (non-hydrogen) atoms. The van der Waals surface area contributed by atoms with E-state index in [9.17, 15) is 27.2 Å². The summed E-state index contributed by atoms with van der Waals surface area (Å²) in [5.74, 6) is -1.90. The summed E-state index contributed by atoms with van der Waals surface area (Å²) in [6.07, 6.45) is 4.10. The van der Waals surface area contributed by atoms with Crippen LogP contribution in [0.3, 0.4) is 0 Å². The Morgan fingerprint density at radius 3 is 2.20 bits per heavy atom. The highest BCUT2D eigenvalue weighted by atomic mass is 19.4. The number of amides is 3. The fourth-order valence-electron chi connectivity index (χ4n) is 6.49. The molecule has 1 saturated carbocycles. The van der Waals surface area contributed by atoms with E-state index >= 15 is 0 Å². The van der Waals surface area contributed by atoms with Crippen molar-refractivity contribution in [2.45, 2.75) is 51.1 Å². The fourth-order valence-corrected chi connectivity index (χ4v) is 6.49. The third-order valence-electron chi connectivity index (χ3n) is 9.11. The number of hydrogen-bond donors (Lipinski definition) is 2. The van der Waals surface area contributed by atoms with Crippen LogP contribution in [0.2, 0.25) is 0 Å². The highest BCUT2D eigenvalue weighted by Gasteiger charge is 2.43. The number of alkyl halides is 3. The smallest absolute Gasteiger partial charge is 0.417 e. The van der Waals surface area contributed by atoms with Gasteiger partial charge in [-0.2, -0.15) is 18.2 Å². The lowest BCUT2D eigenvalue weighted by Crippen LogP contribution is -2.50. The lowest BCUT2D eigenvalue weighted by atomic mass is 9.68. The highest BCUT2D eigenvalue weighted by Crippen LogP contribution is 2.45. The number of piperidine rings is 1. The van der Waals surface area contributed by atoms with Gasteiger partial charge in [-0.25, -0.2) is 14.2 Å². The number of pyridine rings is 1. The van der Waals surface area contributed by atoms with Crippen molar-refractivity contribution in [2.75, 3.05) is 59.7 Å². The molecule has 14 heteroatoms. The van der Waals surface area contributed by atoms with Crippen LogP contribution < -0.4 is 20.4 Å². The predicted octanol–water partition coefficient (Wildman–Crippen LogP) is 6.38. The first-order valence-electron chi connectivity index (χ1n) is 15.3. The number of benzene rings is 1. The summed E-state index contributed by atoms with van der Waals surface area (Å²) < 4.78 is 61.0. The number of anilines is 4. The number of piperazine rings is 1. The van der Waals surface area contributed by atoms with Gasteiger partial charge in [0, 0.05) is 39.3 Å². The summed E-state index contributed by atoms with van der Waals surface area (Å²) in [5.41, 5.74) is -0.810. The van der Waals surface area contributed by atoms with Crippen LogP contribution in [-0.2, 0) is 6.18 Å². The molecule has 0 radical (unpaired) electrons. The van der Waals surface area contributed by atoms with Gasteiger partial charge in [0.15, 0.2) is 5.69 Å². The van der Waals surface area contributed by atoms with E-state index in [-0.39, 0.29) is 22.8 Å². The van der Waals surface area contributed by atoms with Crippen molar-refractivity contribution in [3.8, 4) is 0 Å². The molecule has 2 saturated heterocycles. The van der Waals surface area contributed by atoms with Crippen molar-refractivity contribution < 1.29 is 31.6 Å². The molecule has 3 aromatic rings. The minimum Gasteiger partial charge on any atom is -0.417 e. The van der Waals surface area contributed by atoms with Crippen LogP contribution in [0.25, 0.3) is 0 Å². The maximum Gasteiger partial charge on any atom is 0.437 e. The quantitative estimate of drug-likeness (QED) is 0.315. The van der Waals surface area contributed by atoms with Gasteiger partial charge in [-0.3, -0.25) is 4.79 Å². The van der Waals surface area contributed by atoms with E-state index in [0.29, 0.717) is 45.1 Å². The molecule has 3 amide bonds. The molecular formula is C31H35F4N7O3. The predicted molar refractivity (Wildman–Crippen MR) is 160 cm³/mol. The van der Waals surface area contributed by atoms with Crippen LogP contribution in [0.15, 0.2) is 47.0 Å². The molecule has 2 N–H and O–H groups in total. The van der Waals surface area contributed by atoms with Gasteiger partial charge in [-0.1, -0.05) is 31.4 Å². The van der Waals surface area contributed by atoms with E-state index in [4.69, 9.17) is 4.42 Å². The number of urea groups is 1. The van der Waals surface area contributed by atoms with Gasteiger partial charge < -0.3 is 29.8 Å². The van der Waals surface area contributed by atoms with Crippen molar-refractivity contribution >= 4 is 35.1 Å². The molecular weight excluding hydrogens is 594 g/mol. The highest BCUT2D eigenvalue weighted by molar-refractivity contribution is 6.03. The third kappa shape index (κ3) is 6.84. The van der Waals surface area contributed by atoms with Gasteiger partial charge in [-0.05, 0) is 55.4 Å². The lowest BCUT2D eigenvalue weighted by molar-refractivity contribution is -0.141. The summed E-state index contributed by atoms with van der Waals surface area (Å²) in [6.45, 7) is 2.72. The van der Waals surface area contributed by atoms with Gasteiger partial charge in [0.1, 0.15) is 11.6 Å². The average Bonchev–Trinajstić information content (AvgIpc) is 3.50. The van der Waals surface area contributed by atoms with Gasteiger partial charge in [0.2, 0.25) is 5.76 Å². The lowest BCUT2D eigenvalue weighted by Gasteiger charge is -2.43. The number of carbonyl (C=O) groups excluding carboxylic acids is 2. The van der Waals surface area contributed by atoms with Gasteiger partial charge in [0.25, 0.3) is 11.9 Å². The monoisotopic (exact) mass is 629 g/mol. The molecule has 0 unspecified atom stereocenters. The van der Waals surface area contributed by atoms with Crippen molar-refractivity contribution in [1.29, 1.82) is 0 Å². The zero-order valence-corrected chi connectivity index (χ0v) is 24.7. The minimum atomic E-state index is -4.87. The van der Waals surface area contributed by atoms with Crippen molar-refractivity contribution in [1.82, 2.24) is 14.9 Å². The molecule has 2 aromatic heterocycles. The second-order valence-corrected chi connectivity index (χ2v) is 12.0. The standard InChI is InChI=1S/C31H35F4N7O3/c32-22-6-2-3-7-23(22)38-28(44)41-18-16-40(17-19-41)24-9-8-21(20-36-24)37-27(43)25-26(31(33,34)35)39-29(45-25)42-14-12-30(13-15-42)10-4-1-5-11-30/h2-3,6-9,20H,1,4-5,10-19H2,(H,37,43)(H,38,44). The van der Waals surface area contributed by atoms with Gasteiger partial charge in [0.05, 0.1) is 17.6 Å². The number of carbonyl (C=O) groups is 2. The zero-order chi connectivity index (χ0) is 31.6. The second kappa shape index (κ2) is 12.6. The van der Waals surface area contributed by atoms with Crippen LogP contribution in [0.1, 0.15) is 61.2 Å². The topological polar surface area (TPSA) is 107 Å². The molecule has 0 bridgehead atoms. The van der Waals surface area contributed by atoms with Crippen LogP contribution in [0, 0.1) is 11.2 Å². The fraction of sp³-hybridized carbons (Fsp3) is 0.484. The minimum absolute atomic E-state index is 0.104. The summed E-state index contributed by atoms with van der Waals surface area (Å²) in [5, 5.41) is 5.02. The Kier molecular flexibility index (Phi) is 8.56. The van der Waals surface area contributed by atoms with Gasteiger partial charge in [-0.15, -0.1) is 0 Å². The molecule has 1 aliphatic carbocycles. The van der Waals surface area contributed by atoms with Crippen molar-refractivity contribution in [3.05, 3.63) is 59.9 Å². The number of hydrogen-bond acceptors (Lipinski definition) is 7. The number of aromatic nitrogens is 2. The van der Waals surface area contributed by atoms with Crippen molar-refractivity contribution in [3.63, 3.8) is 0 Å². The molecule has 240 valence electrons. The third-order valence-corrected chi connectivity index (χ3v) is 9.11. The number of para-hydroxylation sites is 1. The molecule has 3 aliphatic rings. The molecule has 1 spiro atoms. The number of halogens is 4. The first kappa shape index (κ1) is 30.7. The summed E-state index contributed by atoms with van der Waals surface area (Å²) in [6, 6.07) is 8.50.